The van der Waals surface area contributed by atoms with E-state index >= 15 is 0 Å². The highest BCUT2D eigenvalue weighted by Gasteiger charge is 2.32. The van der Waals surface area contributed by atoms with Crippen molar-refractivity contribution in [1.82, 2.24) is 9.88 Å². The van der Waals surface area contributed by atoms with Crippen LogP contribution in [0.25, 0.3) is 0 Å². The molecule has 2 fully saturated rings. The predicted octanol–water partition coefficient (Wildman–Crippen LogP) is 6.94. The molecular weight excluding hydrogens is 627 g/mol. The summed E-state index contributed by atoms with van der Waals surface area (Å²) < 4.78 is 48.1. The minimum Gasteiger partial charge on any atom is -0.494 e. The lowest BCUT2D eigenvalue weighted by molar-refractivity contribution is -0.137. The zero-order valence-electron chi connectivity index (χ0n) is 26.0. The Balaban J connectivity index is 1.02. The molecule has 13 heteroatoms. The molecule has 4 aromatic rings. The van der Waals surface area contributed by atoms with Gasteiger partial charge in [0.05, 0.1) is 18.2 Å². The summed E-state index contributed by atoms with van der Waals surface area (Å²) in [6.45, 7) is 0.788. The van der Waals surface area contributed by atoms with Crippen molar-refractivity contribution < 1.29 is 37.7 Å². The van der Waals surface area contributed by atoms with Crippen molar-refractivity contribution in [3.63, 3.8) is 0 Å². The number of hydrogen-bond donors (Lipinski definition) is 5. The fraction of sp³-hybridized carbons (Fsp3) is 0.314. The normalized spacial score (nSPS) is 16.6. The van der Waals surface area contributed by atoms with Gasteiger partial charge in [0.2, 0.25) is 0 Å². The Labute approximate surface area is 275 Å². The highest BCUT2D eigenvalue weighted by atomic mass is 19.4. The molecule has 1 unspecified atom stereocenters. The third kappa shape index (κ3) is 7.96. The van der Waals surface area contributed by atoms with Crippen LogP contribution in [0.15, 0.2) is 78.9 Å². The summed E-state index contributed by atoms with van der Waals surface area (Å²) in [5, 5.41) is 28.3. The molecule has 48 heavy (non-hydrogen) atoms. The van der Waals surface area contributed by atoms with E-state index in [1.807, 2.05) is 29.2 Å². The number of hydrogen-bond acceptors (Lipinski definition) is 6. The molecular formula is C35H36F3N5O5. The fourth-order valence-corrected chi connectivity index (χ4v) is 6.11. The van der Waals surface area contributed by atoms with Crippen molar-refractivity contribution in [2.45, 2.75) is 57.0 Å². The third-order valence-electron chi connectivity index (χ3n) is 8.59. The predicted molar refractivity (Wildman–Crippen MR) is 175 cm³/mol. The van der Waals surface area contributed by atoms with E-state index in [2.05, 4.69) is 16.0 Å². The number of halogens is 3. The summed E-state index contributed by atoms with van der Waals surface area (Å²) in [4.78, 5) is 27.7. The van der Waals surface area contributed by atoms with Gasteiger partial charge in [-0.1, -0.05) is 0 Å². The third-order valence-corrected chi connectivity index (χ3v) is 8.59. The molecule has 3 amide bonds. The first-order chi connectivity index (χ1) is 23.0. The molecule has 2 heterocycles. The average molecular weight is 664 g/mol. The second-order valence-electron chi connectivity index (χ2n) is 12.1. The second-order valence-corrected chi connectivity index (χ2v) is 12.1. The Morgan fingerprint density at radius 3 is 2.08 bits per heavy atom. The van der Waals surface area contributed by atoms with Crippen LogP contribution in [0.1, 0.15) is 53.6 Å². The zero-order valence-corrected chi connectivity index (χ0v) is 26.0. The molecule has 0 radical (unpaired) electrons. The van der Waals surface area contributed by atoms with Gasteiger partial charge < -0.3 is 35.8 Å². The van der Waals surface area contributed by atoms with Crippen molar-refractivity contribution in [2.75, 3.05) is 28.6 Å². The maximum atomic E-state index is 13.7. The maximum Gasteiger partial charge on any atom is 0.416 e. The van der Waals surface area contributed by atoms with Gasteiger partial charge in [0.1, 0.15) is 5.75 Å². The molecule has 3 aromatic carbocycles. The van der Waals surface area contributed by atoms with Crippen LogP contribution in [0.3, 0.4) is 0 Å². The standard InChI is InChI=1S/C35H36F3N5O5/c36-35(37,38)24-18-22(20-43-31(44)13-14-32(43)45)17-23(19-24)33(46)39-27-15-16-42(21-27)28-9-5-25(6-10-28)40-34(47)41-26-7-11-30(12-8-26)48-29-3-1-2-4-29/h5-14,17-19,27,29,44-45H,1-4,15-16,20-21H2,(H,39,46)(H2,40,41,47). The summed E-state index contributed by atoms with van der Waals surface area (Å²) in [6.07, 6.45) is 0.648. The van der Waals surface area contributed by atoms with Crippen LogP contribution < -0.4 is 25.6 Å². The molecule has 0 bridgehead atoms. The van der Waals surface area contributed by atoms with Crippen molar-refractivity contribution in [3.05, 3.63) is 95.6 Å². The lowest BCUT2D eigenvalue weighted by Crippen LogP contribution is -2.37. The number of nitrogens with zero attached hydrogens (tertiary/aromatic N) is 2. The van der Waals surface area contributed by atoms with Crippen LogP contribution in [-0.4, -0.2) is 52.0 Å². The molecule has 1 aliphatic heterocycles. The van der Waals surface area contributed by atoms with Crippen molar-refractivity contribution in [3.8, 4) is 17.5 Å². The number of alkyl halides is 3. The van der Waals surface area contributed by atoms with Crippen molar-refractivity contribution >= 4 is 29.0 Å². The van der Waals surface area contributed by atoms with Gasteiger partial charge in [-0.25, -0.2) is 4.79 Å². The minimum atomic E-state index is -4.70. The Bertz CT molecular complexity index is 1730. The van der Waals surface area contributed by atoms with E-state index in [9.17, 15) is 33.0 Å². The number of rotatable bonds is 9. The van der Waals surface area contributed by atoms with Gasteiger partial charge in [-0.05, 0) is 104 Å². The lowest BCUT2D eigenvalue weighted by atomic mass is 10.0. The van der Waals surface area contributed by atoms with E-state index in [1.165, 1.54) is 31.0 Å². The number of carbonyl (C=O) groups is 2. The SMILES string of the molecule is O=C(Nc1ccc(OC2CCCC2)cc1)Nc1ccc(N2CCC(NC(=O)c3cc(Cn4c(O)ccc4O)cc(C(F)(F)F)c3)C2)cc1. The van der Waals surface area contributed by atoms with Gasteiger partial charge in [-0.2, -0.15) is 13.2 Å². The van der Waals surface area contributed by atoms with Crippen molar-refractivity contribution in [2.24, 2.45) is 0 Å². The molecule has 10 nitrogen and oxygen atoms in total. The number of urea groups is 1. The van der Waals surface area contributed by atoms with E-state index in [4.69, 9.17) is 4.74 Å². The minimum absolute atomic E-state index is 0.0919. The molecule has 1 aliphatic carbocycles. The number of amides is 3. The molecule has 0 spiro atoms. The number of anilines is 3. The summed E-state index contributed by atoms with van der Waals surface area (Å²) in [7, 11) is 0. The van der Waals surface area contributed by atoms with Gasteiger partial charge in [0.15, 0.2) is 11.8 Å². The lowest BCUT2D eigenvalue weighted by Gasteiger charge is -2.20. The fourth-order valence-electron chi connectivity index (χ4n) is 6.11. The van der Waals surface area contributed by atoms with Gasteiger partial charge in [0, 0.05) is 53.9 Å². The summed E-state index contributed by atoms with van der Waals surface area (Å²) in [5.41, 5.74) is 0.995. The van der Waals surface area contributed by atoms with Crippen LogP contribution in [0.2, 0.25) is 0 Å². The topological polar surface area (TPSA) is 128 Å². The second kappa shape index (κ2) is 13.8. The molecule has 252 valence electrons. The van der Waals surface area contributed by atoms with Crippen LogP contribution in [0, 0.1) is 0 Å². The molecule has 1 saturated carbocycles. The number of aromatic hydroxyl groups is 2. The van der Waals surface area contributed by atoms with Crippen LogP contribution >= 0.6 is 0 Å². The van der Waals surface area contributed by atoms with Crippen LogP contribution in [0.5, 0.6) is 17.5 Å². The van der Waals surface area contributed by atoms with Gasteiger partial charge in [-0.3, -0.25) is 9.36 Å². The van der Waals surface area contributed by atoms with Gasteiger partial charge in [0.25, 0.3) is 5.91 Å². The van der Waals surface area contributed by atoms with Crippen LogP contribution in [-0.2, 0) is 12.7 Å². The van der Waals surface area contributed by atoms with E-state index < -0.39 is 23.7 Å². The first-order valence-corrected chi connectivity index (χ1v) is 15.8. The molecule has 1 aromatic heterocycles. The highest BCUT2D eigenvalue weighted by molar-refractivity contribution is 5.99. The number of nitrogens with one attached hydrogen (secondary N) is 3. The Morgan fingerprint density at radius 1 is 0.833 bits per heavy atom. The van der Waals surface area contributed by atoms with Gasteiger partial charge in [-0.15, -0.1) is 0 Å². The highest BCUT2D eigenvalue weighted by Crippen LogP contribution is 2.32. The Morgan fingerprint density at radius 2 is 1.46 bits per heavy atom. The Hall–Kier alpha value is -5.33. The summed E-state index contributed by atoms with van der Waals surface area (Å²) >= 11 is 0. The number of benzene rings is 3. The summed E-state index contributed by atoms with van der Waals surface area (Å²) in [5.74, 6) is -0.513. The number of aromatic nitrogens is 1. The quantitative estimate of drug-likeness (QED) is 0.132. The molecule has 1 atom stereocenters. The van der Waals surface area contributed by atoms with E-state index in [-0.39, 0.29) is 41.6 Å². The summed E-state index contributed by atoms with van der Waals surface area (Å²) in [6, 6.07) is 19.2. The molecule has 6 rings (SSSR count). The van der Waals surface area contributed by atoms with Crippen molar-refractivity contribution in [1.29, 1.82) is 0 Å². The largest absolute Gasteiger partial charge is 0.494 e. The van der Waals surface area contributed by atoms with E-state index in [0.717, 1.165) is 41.0 Å². The molecule has 2 aliphatic rings. The first kappa shape index (κ1) is 32.6. The first-order valence-electron chi connectivity index (χ1n) is 15.8. The average Bonchev–Trinajstić information content (AvgIpc) is 3.82. The Kier molecular flexibility index (Phi) is 9.37. The number of ether oxygens (including phenoxy) is 1. The van der Waals surface area contributed by atoms with E-state index in [0.29, 0.717) is 30.9 Å². The monoisotopic (exact) mass is 663 g/mol. The maximum absolute atomic E-state index is 13.7. The molecule has 5 N–H and O–H groups in total. The van der Waals surface area contributed by atoms with E-state index in [1.54, 1.807) is 24.3 Å². The molecule has 1 saturated heterocycles. The zero-order chi connectivity index (χ0) is 33.8. The van der Waals surface area contributed by atoms with Crippen LogP contribution in [0.4, 0.5) is 35.0 Å². The van der Waals surface area contributed by atoms with Gasteiger partial charge >= 0.3 is 12.2 Å². The number of carbonyl (C=O) groups excluding carboxylic acids is 2. The smallest absolute Gasteiger partial charge is 0.416 e.